The average Bonchev–Trinajstić information content (AvgIpc) is 2.55. The number of ether oxygens (including phenoxy) is 1. The molecule has 1 aromatic carbocycles. The maximum absolute atomic E-state index is 11.9. The molecule has 1 aromatic rings. The van der Waals surface area contributed by atoms with Gasteiger partial charge in [-0.15, -0.1) is 0 Å². The van der Waals surface area contributed by atoms with E-state index in [9.17, 15) is 9.59 Å². The van der Waals surface area contributed by atoms with E-state index in [-0.39, 0.29) is 11.7 Å². The van der Waals surface area contributed by atoms with Crippen molar-refractivity contribution in [1.82, 2.24) is 0 Å². The summed E-state index contributed by atoms with van der Waals surface area (Å²) < 4.78 is 5.16. The lowest BCUT2D eigenvalue weighted by molar-refractivity contribution is -0.139. The third kappa shape index (κ3) is 2.02. The van der Waals surface area contributed by atoms with Crippen molar-refractivity contribution in [3.8, 4) is 5.75 Å². The summed E-state index contributed by atoms with van der Waals surface area (Å²) in [5.41, 5.74) is 2.62. The molecule has 4 heteroatoms. The highest BCUT2D eigenvalue weighted by molar-refractivity contribution is 6.04. The summed E-state index contributed by atoms with van der Waals surface area (Å²) >= 11 is 0. The number of carboxylic acid groups (broad SMARTS) is 1. The molecule has 1 unspecified atom stereocenters. The highest BCUT2D eigenvalue weighted by atomic mass is 16.5. The Hall–Kier alpha value is -1.84. The van der Waals surface area contributed by atoms with Crippen molar-refractivity contribution in [1.29, 1.82) is 0 Å². The fourth-order valence-electron chi connectivity index (χ4n) is 2.37. The Morgan fingerprint density at radius 3 is 2.88 bits per heavy atom. The Balaban J connectivity index is 2.42. The van der Waals surface area contributed by atoms with Crippen LogP contribution in [0.4, 0.5) is 0 Å². The molecule has 17 heavy (non-hydrogen) atoms. The molecule has 0 fully saturated rings. The van der Waals surface area contributed by atoms with Gasteiger partial charge in [-0.2, -0.15) is 0 Å². The van der Waals surface area contributed by atoms with E-state index in [1.54, 1.807) is 6.07 Å². The molecule has 1 N–H and O–H groups in total. The first-order valence-electron chi connectivity index (χ1n) is 5.52. The number of ketones is 1. The maximum Gasteiger partial charge on any atom is 0.341 e. The zero-order valence-electron chi connectivity index (χ0n) is 9.82. The van der Waals surface area contributed by atoms with Crippen molar-refractivity contribution < 1.29 is 19.4 Å². The number of hydrogen-bond acceptors (Lipinski definition) is 3. The molecule has 0 bridgehead atoms. The molecule has 0 saturated carbocycles. The molecular weight excluding hydrogens is 220 g/mol. The van der Waals surface area contributed by atoms with Crippen molar-refractivity contribution >= 4 is 11.8 Å². The summed E-state index contributed by atoms with van der Waals surface area (Å²) in [7, 11) is 0. The van der Waals surface area contributed by atoms with E-state index in [4.69, 9.17) is 9.84 Å². The second kappa shape index (κ2) is 4.20. The predicted molar refractivity (Wildman–Crippen MR) is 61.7 cm³/mol. The first kappa shape index (κ1) is 11.6. The lowest BCUT2D eigenvalue weighted by atomic mass is 9.97. The van der Waals surface area contributed by atoms with Gasteiger partial charge in [0, 0.05) is 6.42 Å². The quantitative estimate of drug-likeness (QED) is 0.870. The minimum absolute atomic E-state index is 0.0385. The number of rotatable bonds is 3. The molecule has 0 heterocycles. The van der Waals surface area contributed by atoms with Gasteiger partial charge in [-0.25, -0.2) is 4.79 Å². The molecule has 0 radical (unpaired) electrons. The number of carboxylic acids is 1. The topological polar surface area (TPSA) is 63.6 Å². The van der Waals surface area contributed by atoms with Crippen LogP contribution in [0.25, 0.3) is 0 Å². The highest BCUT2D eigenvalue weighted by Gasteiger charge is 2.31. The molecular formula is C13H14O4. The van der Waals surface area contributed by atoms with Crippen LogP contribution in [0.5, 0.6) is 5.75 Å². The van der Waals surface area contributed by atoms with E-state index in [0.29, 0.717) is 17.7 Å². The summed E-state index contributed by atoms with van der Waals surface area (Å²) in [6.45, 7) is 3.53. The Kier molecular flexibility index (Phi) is 2.88. The first-order chi connectivity index (χ1) is 8.00. The molecule has 0 aromatic heterocycles. The number of aryl methyl sites for hydroxylation is 1. The van der Waals surface area contributed by atoms with E-state index >= 15 is 0 Å². The van der Waals surface area contributed by atoms with Gasteiger partial charge in [0.2, 0.25) is 0 Å². The zero-order chi connectivity index (χ0) is 12.6. The molecule has 1 aliphatic rings. The van der Waals surface area contributed by atoms with Crippen molar-refractivity contribution in [3.05, 3.63) is 28.8 Å². The Morgan fingerprint density at radius 2 is 2.24 bits per heavy atom. The summed E-state index contributed by atoms with van der Waals surface area (Å²) in [5.74, 6) is -0.428. The van der Waals surface area contributed by atoms with E-state index in [2.05, 4.69) is 0 Å². The molecule has 1 atom stereocenters. The smallest absolute Gasteiger partial charge is 0.341 e. The average molecular weight is 234 g/mol. The number of benzene rings is 1. The van der Waals surface area contributed by atoms with Crippen LogP contribution in [0.2, 0.25) is 0 Å². The van der Waals surface area contributed by atoms with Crippen molar-refractivity contribution in [2.75, 3.05) is 6.61 Å². The number of carbonyl (C=O) groups is 2. The Morgan fingerprint density at radius 1 is 1.53 bits per heavy atom. The summed E-state index contributed by atoms with van der Waals surface area (Å²) in [6, 6.07) is 3.54. The Labute approximate surface area is 99.2 Å². The minimum Gasteiger partial charge on any atom is -0.481 e. The lowest BCUT2D eigenvalue weighted by Crippen LogP contribution is -2.11. The maximum atomic E-state index is 11.9. The third-order valence-corrected chi connectivity index (χ3v) is 3.04. The molecule has 2 rings (SSSR count). The van der Waals surface area contributed by atoms with Crippen LogP contribution in [0.1, 0.15) is 40.7 Å². The van der Waals surface area contributed by atoms with Crippen LogP contribution in [0, 0.1) is 6.92 Å². The van der Waals surface area contributed by atoms with Gasteiger partial charge in [0.1, 0.15) is 5.75 Å². The SMILES string of the molecule is Cc1ccc(OCC(=O)O)c2c1C(C)CC2=O. The number of fused-ring (bicyclic) bond motifs is 1. The molecule has 4 nitrogen and oxygen atoms in total. The molecule has 90 valence electrons. The van der Waals surface area contributed by atoms with Gasteiger partial charge in [0.15, 0.2) is 12.4 Å². The lowest BCUT2D eigenvalue weighted by Gasteiger charge is -2.12. The van der Waals surface area contributed by atoms with Crippen molar-refractivity contribution in [2.45, 2.75) is 26.2 Å². The Bertz CT molecular complexity index is 490. The van der Waals surface area contributed by atoms with Crippen molar-refractivity contribution in [2.24, 2.45) is 0 Å². The normalized spacial score (nSPS) is 18.0. The summed E-state index contributed by atoms with van der Waals surface area (Å²) in [5, 5.41) is 8.59. The van der Waals surface area contributed by atoms with Crippen LogP contribution in [0.15, 0.2) is 12.1 Å². The van der Waals surface area contributed by atoms with Gasteiger partial charge in [0.25, 0.3) is 0 Å². The van der Waals surface area contributed by atoms with Gasteiger partial charge < -0.3 is 9.84 Å². The standard InChI is InChI=1S/C13H14O4/c1-7-3-4-10(17-6-11(15)16)13-9(14)5-8(2)12(7)13/h3-4,8H,5-6H2,1-2H3,(H,15,16). The highest BCUT2D eigenvalue weighted by Crippen LogP contribution is 2.40. The number of hydrogen-bond donors (Lipinski definition) is 1. The zero-order valence-corrected chi connectivity index (χ0v) is 9.82. The van der Waals surface area contributed by atoms with E-state index in [1.165, 1.54) is 0 Å². The number of carbonyl (C=O) groups excluding carboxylic acids is 1. The second-order valence-corrected chi connectivity index (χ2v) is 4.38. The van der Waals surface area contributed by atoms with E-state index in [1.807, 2.05) is 19.9 Å². The van der Waals surface area contributed by atoms with Crippen LogP contribution in [0.3, 0.4) is 0 Å². The van der Waals surface area contributed by atoms with Gasteiger partial charge in [0.05, 0.1) is 5.56 Å². The molecule has 1 aliphatic carbocycles. The fourth-order valence-corrected chi connectivity index (χ4v) is 2.37. The predicted octanol–water partition coefficient (Wildman–Crippen LogP) is 2.15. The van der Waals surface area contributed by atoms with Gasteiger partial charge in [-0.05, 0) is 30.0 Å². The fraction of sp³-hybridized carbons (Fsp3) is 0.385. The molecule has 0 spiro atoms. The van der Waals surface area contributed by atoms with E-state index in [0.717, 1.165) is 11.1 Å². The summed E-state index contributed by atoms with van der Waals surface area (Å²) in [4.78, 5) is 22.3. The first-order valence-corrected chi connectivity index (χ1v) is 5.52. The largest absolute Gasteiger partial charge is 0.481 e. The van der Waals surface area contributed by atoms with Crippen molar-refractivity contribution in [3.63, 3.8) is 0 Å². The van der Waals surface area contributed by atoms with Gasteiger partial charge in [-0.3, -0.25) is 4.79 Å². The minimum atomic E-state index is -1.04. The molecule has 0 amide bonds. The van der Waals surface area contributed by atoms with Crippen LogP contribution in [-0.2, 0) is 4.79 Å². The number of aliphatic carboxylic acids is 1. The second-order valence-electron chi connectivity index (χ2n) is 4.38. The van der Waals surface area contributed by atoms with Crippen LogP contribution >= 0.6 is 0 Å². The van der Waals surface area contributed by atoms with Gasteiger partial charge in [-0.1, -0.05) is 13.0 Å². The molecule has 0 aliphatic heterocycles. The van der Waals surface area contributed by atoms with Crippen LogP contribution in [-0.4, -0.2) is 23.5 Å². The van der Waals surface area contributed by atoms with E-state index < -0.39 is 12.6 Å². The number of Topliss-reactive ketones (excluding diaryl/α,β-unsaturated/α-hetero) is 1. The van der Waals surface area contributed by atoms with Gasteiger partial charge >= 0.3 is 5.97 Å². The summed E-state index contributed by atoms with van der Waals surface area (Å²) in [6.07, 6.45) is 0.476. The molecule has 0 saturated heterocycles. The van der Waals surface area contributed by atoms with Crippen LogP contribution < -0.4 is 4.74 Å². The monoisotopic (exact) mass is 234 g/mol. The third-order valence-electron chi connectivity index (χ3n) is 3.04.